The van der Waals surface area contributed by atoms with Crippen LogP contribution in [0.4, 0.5) is 17.6 Å². The van der Waals surface area contributed by atoms with Gasteiger partial charge >= 0.3 is 0 Å². The van der Waals surface area contributed by atoms with Crippen molar-refractivity contribution in [1.82, 2.24) is 5.32 Å². The highest BCUT2D eigenvalue weighted by molar-refractivity contribution is 5.94. The summed E-state index contributed by atoms with van der Waals surface area (Å²) in [7, 11) is 0. The molecule has 184 valence electrons. The van der Waals surface area contributed by atoms with Crippen molar-refractivity contribution in [3.05, 3.63) is 129 Å². The third-order valence-corrected chi connectivity index (χ3v) is 6.84. The highest BCUT2D eigenvalue weighted by Gasteiger charge is 2.43. The van der Waals surface area contributed by atoms with Crippen molar-refractivity contribution in [2.24, 2.45) is 0 Å². The van der Waals surface area contributed by atoms with Crippen LogP contribution in [-0.4, -0.2) is 12.1 Å². The summed E-state index contributed by atoms with van der Waals surface area (Å²) in [5.74, 6) is -3.24. The standard InChI is InChI=1S/C29H18F4N2O2/c30-18-3-6-19(26(33)11-18)14-1-4-20-22(7-14)28-23-8-15(2-5-21(23)27(20)37-28)29(36)35-13-17-10-24(31)16(12-34)9-25(17)32/h1-12,27-28,34H,13H2,(H,35,36)/t27-,28+/m0/s1. The zero-order valence-corrected chi connectivity index (χ0v) is 19.1. The molecule has 4 nitrogen and oxygen atoms in total. The molecule has 37 heavy (non-hydrogen) atoms. The number of halogens is 4. The SMILES string of the molecule is N=Cc1cc(F)c(CNC(=O)c2ccc3c(c2)[C@@H]2O[C@H]3c3ccc(-c4ccc(F)cc4F)cc32)cc1F. The molecular formula is C29H18F4N2O2. The van der Waals surface area contributed by atoms with E-state index in [1.807, 2.05) is 18.2 Å². The Morgan fingerprint density at radius 3 is 2.30 bits per heavy atom. The first kappa shape index (κ1) is 23.1. The van der Waals surface area contributed by atoms with E-state index in [0.29, 0.717) is 11.1 Å². The van der Waals surface area contributed by atoms with Gasteiger partial charge in [0, 0.05) is 41.1 Å². The summed E-state index contributed by atoms with van der Waals surface area (Å²) in [6, 6.07) is 16.0. The molecule has 0 radical (unpaired) electrons. The molecule has 0 aliphatic carbocycles. The summed E-state index contributed by atoms with van der Waals surface area (Å²) in [5, 5.41) is 9.71. The number of fused-ring (bicyclic) bond motifs is 8. The van der Waals surface area contributed by atoms with Crippen molar-refractivity contribution in [3.8, 4) is 11.1 Å². The molecule has 0 saturated carbocycles. The maximum atomic E-state index is 14.4. The first-order chi connectivity index (χ1) is 17.8. The molecule has 2 bridgehead atoms. The average molecular weight is 502 g/mol. The largest absolute Gasteiger partial charge is 0.356 e. The molecule has 2 N–H and O–H groups in total. The summed E-state index contributed by atoms with van der Waals surface area (Å²) in [4.78, 5) is 12.8. The van der Waals surface area contributed by atoms with Crippen molar-refractivity contribution in [2.45, 2.75) is 18.8 Å². The number of rotatable bonds is 5. The van der Waals surface area contributed by atoms with E-state index in [0.717, 1.165) is 46.7 Å². The van der Waals surface area contributed by atoms with Crippen molar-refractivity contribution >= 4 is 12.1 Å². The van der Waals surface area contributed by atoms with Gasteiger partial charge in [-0.2, -0.15) is 0 Å². The quantitative estimate of drug-likeness (QED) is 0.246. The van der Waals surface area contributed by atoms with Gasteiger partial charge in [0.1, 0.15) is 35.5 Å². The van der Waals surface area contributed by atoms with Gasteiger partial charge in [-0.1, -0.05) is 18.2 Å². The number of nitrogens with one attached hydrogen (secondary N) is 2. The van der Waals surface area contributed by atoms with E-state index in [1.54, 1.807) is 18.2 Å². The molecule has 2 heterocycles. The third kappa shape index (κ3) is 3.81. The maximum Gasteiger partial charge on any atom is 0.251 e. The van der Waals surface area contributed by atoms with Crippen LogP contribution < -0.4 is 5.32 Å². The second-order valence-corrected chi connectivity index (χ2v) is 9.00. The lowest BCUT2D eigenvalue weighted by atomic mass is 9.83. The molecule has 0 fully saturated rings. The van der Waals surface area contributed by atoms with Gasteiger partial charge in [0.2, 0.25) is 0 Å². The predicted octanol–water partition coefficient (Wildman–Crippen LogP) is 6.36. The van der Waals surface area contributed by atoms with Crippen LogP contribution in [0.25, 0.3) is 11.1 Å². The second-order valence-electron chi connectivity index (χ2n) is 9.00. The first-order valence-corrected chi connectivity index (χ1v) is 11.5. The Kier molecular flexibility index (Phi) is 5.42. The van der Waals surface area contributed by atoms with E-state index in [9.17, 15) is 22.4 Å². The van der Waals surface area contributed by atoms with Crippen molar-refractivity contribution in [2.75, 3.05) is 0 Å². The minimum Gasteiger partial charge on any atom is -0.356 e. The van der Waals surface area contributed by atoms with Crippen LogP contribution >= 0.6 is 0 Å². The van der Waals surface area contributed by atoms with Gasteiger partial charge in [0.05, 0.1) is 0 Å². The van der Waals surface area contributed by atoms with Crippen LogP contribution in [0.15, 0.2) is 66.7 Å². The Bertz CT molecular complexity index is 1620. The second kappa shape index (κ2) is 8.67. The Morgan fingerprint density at radius 2 is 1.54 bits per heavy atom. The monoisotopic (exact) mass is 502 g/mol. The molecule has 4 aromatic rings. The van der Waals surface area contributed by atoms with Crippen LogP contribution in [-0.2, 0) is 11.3 Å². The first-order valence-electron chi connectivity index (χ1n) is 11.5. The van der Waals surface area contributed by atoms with Gasteiger partial charge in [-0.3, -0.25) is 4.79 Å². The van der Waals surface area contributed by atoms with E-state index in [-0.39, 0.29) is 29.3 Å². The molecule has 1 amide bonds. The number of ether oxygens (including phenoxy) is 1. The molecule has 2 atom stereocenters. The number of benzene rings is 4. The Balaban J connectivity index is 1.25. The van der Waals surface area contributed by atoms with E-state index < -0.39 is 35.3 Å². The van der Waals surface area contributed by atoms with Gasteiger partial charge < -0.3 is 15.5 Å². The summed E-state index contributed by atoms with van der Waals surface area (Å²) in [6.45, 7) is -0.227. The van der Waals surface area contributed by atoms with Gasteiger partial charge in [-0.05, 0) is 70.3 Å². The lowest BCUT2D eigenvalue weighted by Gasteiger charge is -2.18. The number of hydrogen-bond acceptors (Lipinski definition) is 3. The Morgan fingerprint density at radius 1 is 0.811 bits per heavy atom. The molecule has 8 heteroatoms. The van der Waals surface area contributed by atoms with Crippen molar-refractivity contribution < 1.29 is 27.1 Å². The number of carbonyl (C=O) groups is 1. The minimum atomic E-state index is -0.745. The predicted molar refractivity (Wildman–Crippen MR) is 128 cm³/mol. The van der Waals surface area contributed by atoms with Crippen LogP contribution in [0.2, 0.25) is 0 Å². The smallest absolute Gasteiger partial charge is 0.251 e. The lowest BCUT2D eigenvalue weighted by molar-refractivity contribution is 0.0857. The molecule has 2 aliphatic rings. The number of amides is 1. The van der Waals surface area contributed by atoms with Crippen LogP contribution in [0.1, 0.15) is 55.9 Å². The molecule has 2 aliphatic heterocycles. The van der Waals surface area contributed by atoms with Gasteiger partial charge in [-0.15, -0.1) is 0 Å². The summed E-state index contributed by atoms with van der Waals surface area (Å²) in [6.07, 6.45) is -0.0479. The molecule has 0 saturated heterocycles. The molecule has 0 aromatic heterocycles. The van der Waals surface area contributed by atoms with E-state index >= 15 is 0 Å². The van der Waals surface area contributed by atoms with Crippen LogP contribution in [0.5, 0.6) is 0 Å². The lowest BCUT2D eigenvalue weighted by Crippen LogP contribution is -2.24. The van der Waals surface area contributed by atoms with Gasteiger partial charge in [0.15, 0.2) is 0 Å². The summed E-state index contributed by atoms with van der Waals surface area (Å²) >= 11 is 0. The van der Waals surface area contributed by atoms with Crippen molar-refractivity contribution in [1.29, 1.82) is 5.41 Å². The Labute approximate surface area is 209 Å². The highest BCUT2D eigenvalue weighted by atomic mass is 19.1. The van der Waals surface area contributed by atoms with Crippen LogP contribution in [0, 0.1) is 28.7 Å². The average Bonchev–Trinajstić information content (AvgIpc) is 3.45. The summed E-state index contributed by atoms with van der Waals surface area (Å²) in [5.41, 5.74) is 4.51. The Hall–Kier alpha value is -4.30. The normalized spacial score (nSPS) is 16.9. The highest BCUT2D eigenvalue weighted by Crippen LogP contribution is 2.54. The zero-order valence-electron chi connectivity index (χ0n) is 19.1. The fourth-order valence-electron chi connectivity index (χ4n) is 5.00. The zero-order chi connectivity index (χ0) is 25.8. The van der Waals surface area contributed by atoms with E-state index in [2.05, 4.69) is 5.32 Å². The maximum absolute atomic E-state index is 14.4. The van der Waals surface area contributed by atoms with E-state index in [1.165, 1.54) is 12.1 Å². The van der Waals surface area contributed by atoms with Gasteiger partial charge in [0.25, 0.3) is 5.91 Å². The van der Waals surface area contributed by atoms with Gasteiger partial charge in [-0.25, -0.2) is 17.6 Å². The third-order valence-electron chi connectivity index (χ3n) is 6.84. The fourth-order valence-corrected chi connectivity index (χ4v) is 5.00. The molecule has 4 aromatic carbocycles. The van der Waals surface area contributed by atoms with Crippen LogP contribution in [0.3, 0.4) is 0 Å². The number of carbonyl (C=O) groups excluding carboxylic acids is 1. The molecule has 0 unspecified atom stereocenters. The molecule has 6 rings (SSSR count). The molecular weight excluding hydrogens is 484 g/mol. The molecule has 0 spiro atoms. The summed E-state index contributed by atoms with van der Waals surface area (Å²) < 4.78 is 62.0. The van der Waals surface area contributed by atoms with E-state index in [4.69, 9.17) is 10.1 Å². The van der Waals surface area contributed by atoms with Crippen molar-refractivity contribution in [3.63, 3.8) is 0 Å². The number of hydrogen-bond donors (Lipinski definition) is 2. The minimum absolute atomic E-state index is 0.0329. The fraction of sp³-hybridized carbons (Fsp3) is 0.103. The topological polar surface area (TPSA) is 62.2 Å².